The maximum atomic E-state index is 13.5. The van der Waals surface area contributed by atoms with Crippen molar-refractivity contribution in [1.29, 1.82) is 0 Å². The summed E-state index contributed by atoms with van der Waals surface area (Å²) in [5.41, 5.74) is 0.208. The molecule has 4 unspecified atom stereocenters. The topological polar surface area (TPSA) is 59.1 Å². The number of carbonyl (C=O) groups excluding carboxylic acids is 2. The van der Waals surface area contributed by atoms with Crippen LogP contribution in [0.5, 0.6) is 0 Å². The van der Waals surface area contributed by atoms with E-state index in [0.29, 0.717) is 62.8 Å². The molecule has 4 saturated carbocycles. The Bertz CT molecular complexity index is 682. The molecule has 6 heteroatoms. The second-order valence-corrected chi connectivity index (χ2v) is 12.4. The molecule has 0 aromatic carbocycles. The van der Waals surface area contributed by atoms with Gasteiger partial charge in [-0.15, -0.1) is 0 Å². The Morgan fingerprint density at radius 1 is 0.750 bits per heavy atom. The van der Waals surface area contributed by atoms with E-state index >= 15 is 0 Å². The quantitative estimate of drug-likeness (QED) is 0.662. The first-order valence-corrected chi connectivity index (χ1v) is 13.0. The zero-order chi connectivity index (χ0) is 22.7. The third kappa shape index (κ3) is 4.22. The molecule has 4 atom stereocenters. The van der Waals surface area contributed by atoms with Crippen molar-refractivity contribution in [3.8, 4) is 0 Å². The largest absolute Gasteiger partial charge is 0.375 e. The summed E-state index contributed by atoms with van der Waals surface area (Å²) in [6, 6.07) is 0.320. The number of ether oxygens (including phenoxy) is 2. The molecule has 2 amide bonds. The average Bonchev–Trinajstić information content (AvgIpc) is 2.69. The Morgan fingerprint density at radius 3 is 1.56 bits per heavy atom. The first-order valence-electron chi connectivity index (χ1n) is 13.0. The number of rotatable bonds is 4. The van der Waals surface area contributed by atoms with Gasteiger partial charge in [0, 0.05) is 25.9 Å². The molecule has 0 aromatic rings. The first kappa shape index (κ1) is 22.6. The van der Waals surface area contributed by atoms with Gasteiger partial charge in [-0.05, 0) is 88.9 Å². The van der Waals surface area contributed by atoms with Gasteiger partial charge in [-0.2, -0.15) is 0 Å². The highest BCUT2D eigenvalue weighted by molar-refractivity contribution is 5.78. The average molecular weight is 447 g/mol. The lowest BCUT2D eigenvalue weighted by Crippen LogP contribution is -2.57. The number of carbonyl (C=O) groups is 2. The van der Waals surface area contributed by atoms with Crippen LogP contribution in [0, 0.1) is 22.7 Å². The molecule has 6 nitrogen and oxygen atoms in total. The molecule has 0 aromatic heterocycles. The van der Waals surface area contributed by atoms with Crippen molar-refractivity contribution in [3.63, 3.8) is 0 Å². The normalized spacial score (nSPS) is 45.9. The molecule has 0 N–H and O–H groups in total. The predicted molar refractivity (Wildman–Crippen MR) is 122 cm³/mol. The molecular weight excluding hydrogens is 404 g/mol. The summed E-state index contributed by atoms with van der Waals surface area (Å²) < 4.78 is 11.5. The van der Waals surface area contributed by atoms with Crippen molar-refractivity contribution in [3.05, 3.63) is 0 Å². The van der Waals surface area contributed by atoms with E-state index < -0.39 is 0 Å². The number of morpholine rings is 2. The van der Waals surface area contributed by atoms with E-state index in [1.54, 1.807) is 0 Å². The van der Waals surface area contributed by atoms with Crippen LogP contribution in [-0.2, 0) is 19.1 Å². The molecular formula is C26H42N2O4. The molecule has 2 aliphatic heterocycles. The van der Waals surface area contributed by atoms with Crippen molar-refractivity contribution >= 4 is 11.8 Å². The van der Waals surface area contributed by atoms with Crippen molar-refractivity contribution in [2.45, 2.75) is 103 Å². The van der Waals surface area contributed by atoms with Crippen LogP contribution >= 0.6 is 0 Å². The lowest BCUT2D eigenvalue weighted by molar-refractivity contribution is -0.164. The van der Waals surface area contributed by atoms with Gasteiger partial charge < -0.3 is 19.3 Å². The summed E-state index contributed by atoms with van der Waals surface area (Å²) in [4.78, 5) is 31.1. The van der Waals surface area contributed by atoms with E-state index in [4.69, 9.17) is 9.47 Å². The van der Waals surface area contributed by atoms with Crippen molar-refractivity contribution in [2.24, 2.45) is 22.7 Å². The Morgan fingerprint density at radius 2 is 1.16 bits per heavy atom. The van der Waals surface area contributed by atoms with Crippen molar-refractivity contribution in [1.82, 2.24) is 9.80 Å². The molecule has 0 radical (unpaired) electrons. The van der Waals surface area contributed by atoms with Crippen molar-refractivity contribution in [2.75, 3.05) is 26.3 Å². The van der Waals surface area contributed by atoms with Gasteiger partial charge in [0.25, 0.3) is 0 Å². The smallest absolute Gasteiger partial charge is 0.223 e. The van der Waals surface area contributed by atoms with Crippen LogP contribution in [0.25, 0.3) is 0 Å². The molecule has 2 saturated heterocycles. The molecule has 0 spiro atoms. The fraction of sp³-hybridized carbons (Fsp3) is 0.923. The summed E-state index contributed by atoms with van der Waals surface area (Å²) in [5, 5.41) is 0. The molecule has 6 rings (SSSR count). The van der Waals surface area contributed by atoms with E-state index in [1.807, 2.05) is 0 Å². The van der Waals surface area contributed by atoms with Gasteiger partial charge in [-0.25, -0.2) is 0 Å². The molecule has 4 bridgehead atoms. The maximum Gasteiger partial charge on any atom is 0.223 e. The standard InChI is InChI=1S/C26H42N2O4/c1-17-14-31-19(3)12-27(17)23(29)10-25-6-21-5-22(7-25)9-26(8-21,16-25)11-24(30)28-13-20(4)32-15-18(28)2/h17-22H,5-16H2,1-4H3. The van der Waals surface area contributed by atoms with Crippen LogP contribution in [0.3, 0.4) is 0 Å². The van der Waals surface area contributed by atoms with Gasteiger partial charge in [0.15, 0.2) is 0 Å². The molecule has 2 heterocycles. The fourth-order valence-electron chi connectivity index (χ4n) is 8.41. The summed E-state index contributed by atoms with van der Waals surface area (Å²) >= 11 is 0. The Kier molecular flexibility index (Phi) is 5.85. The van der Waals surface area contributed by atoms with Gasteiger partial charge in [0.05, 0.1) is 37.5 Å². The Balaban J connectivity index is 1.30. The van der Waals surface area contributed by atoms with E-state index in [0.717, 1.165) is 6.42 Å². The predicted octanol–water partition coefficient (Wildman–Crippen LogP) is 3.62. The summed E-state index contributed by atoms with van der Waals surface area (Å²) in [5.74, 6) is 2.01. The lowest BCUT2D eigenvalue weighted by Gasteiger charge is -2.62. The molecule has 4 aliphatic carbocycles. The lowest BCUT2D eigenvalue weighted by atomic mass is 9.43. The van der Waals surface area contributed by atoms with Gasteiger partial charge in [0.1, 0.15) is 0 Å². The summed E-state index contributed by atoms with van der Waals surface area (Å²) in [6.45, 7) is 11.0. The fourth-order valence-corrected chi connectivity index (χ4v) is 8.41. The number of nitrogens with zero attached hydrogens (tertiary/aromatic N) is 2. The Hall–Kier alpha value is -1.14. The van der Waals surface area contributed by atoms with Crippen LogP contribution in [-0.4, -0.2) is 72.2 Å². The number of hydrogen-bond acceptors (Lipinski definition) is 4. The highest BCUT2D eigenvalue weighted by Gasteiger charge is 2.59. The zero-order valence-electron chi connectivity index (χ0n) is 20.5. The second-order valence-electron chi connectivity index (χ2n) is 12.4. The highest BCUT2D eigenvalue weighted by Crippen LogP contribution is 2.67. The molecule has 6 fully saturated rings. The zero-order valence-corrected chi connectivity index (χ0v) is 20.5. The Labute approximate surface area is 193 Å². The van der Waals surface area contributed by atoms with Gasteiger partial charge in [0.2, 0.25) is 11.8 Å². The van der Waals surface area contributed by atoms with Gasteiger partial charge in [-0.3, -0.25) is 9.59 Å². The number of amides is 2. The van der Waals surface area contributed by atoms with E-state index in [1.165, 1.54) is 32.1 Å². The third-order valence-electron chi connectivity index (χ3n) is 9.21. The van der Waals surface area contributed by atoms with E-state index in [2.05, 4.69) is 37.5 Å². The maximum absolute atomic E-state index is 13.5. The van der Waals surface area contributed by atoms with Crippen LogP contribution in [0.2, 0.25) is 0 Å². The molecule has 180 valence electrons. The SMILES string of the molecule is CC1CN(C(=O)CC23CC4CC(C2)CC(CC(=O)N2CC(C)OCC2C)(C4)C3)C(C)CO1. The van der Waals surface area contributed by atoms with Crippen LogP contribution in [0.4, 0.5) is 0 Å². The minimum absolute atomic E-state index is 0.104. The van der Waals surface area contributed by atoms with Crippen LogP contribution in [0.1, 0.15) is 79.1 Å². The summed E-state index contributed by atoms with van der Waals surface area (Å²) in [6.07, 6.45) is 8.68. The number of hydrogen-bond donors (Lipinski definition) is 0. The minimum atomic E-state index is 0.104. The highest BCUT2D eigenvalue weighted by atomic mass is 16.5. The van der Waals surface area contributed by atoms with Crippen LogP contribution in [0.15, 0.2) is 0 Å². The van der Waals surface area contributed by atoms with Crippen molar-refractivity contribution < 1.29 is 19.1 Å². The molecule has 6 aliphatic rings. The second kappa shape index (κ2) is 8.26. The van der Waals surface area contributed by atoms with E-state index in [9.17, 15) is 9.59 Å². The summed E-state index contributed by atoms with van der Waals surface area (Å²) in [7, 11) is 0. The minimum Gasteiger partial charge on any atom is -0.375 e. The van der Waals surface area contributed by atoms with E-state index in [-0.39, 0.29) is 35.1 Å². The monoisotopic (exact) mass is 446 g/mol. The molecule has 32 heavy (non-hydrogen) atoms. The first-order chi connectivity index (χ1) is 15.2. The van der Waals surface area contributed by atoms with Gasteiger partial charge >= 0.3 is 0 Å². The van der Waals surface area contributed by atoms with Gasteiger partial charge in [-0.1, -0.05) is 0 Å². The van der Waals surface area contributed by atoms with Crippen LogP contribution < -0.4 is 0 Å². The third-order valence-corrected chi connectivity index (χ3v) is 9.21.